The van der Waals surface area contributed by atoms with Crippen LogP contribution in [0.2, 0.25) is 0 Å². The maximum Gasteiger partial charge on any atom is 0.306 e. The summed E-state index contributed by atoms with van der Waals surface area (Å²) in [4.78, 5) is 25.0. The molecule has 1 rings (SSSR count). The highest BCUT2D eigenvalue weighted by Gasteiger charge is 2.31. The van der Waals surface area contributed by atoms with Gasteiger partial charge in [0.15, 0.2) is 0 Å². The third-order valence-corrected chi connectivity index (χ3v) is 4.00. The number of carboxylic acids is 1. The van der Waals surface area contributed by atoms with Crippen LogP contribution in [0.3, 0.4) is 0 Å². The van der Waals surface area contributed by atoms with Gasteiger partial charge in [-0.25, -0.2) is 0 Å². The van der Waals surface area contributed by atoms with Gasteiger partial charge in [-0.1, -0.05) is 20.8 Å². The Kier molecular flexibility index (Phi) is 5.39. The van der Waals surface area contributed by atoms with Crippen LogP contribution in [0.25, 0.3) is 0 Å². The predicted octanol–water partition coefficient (Wildman–Crippen LogP) is 2.77. The summed E-state index contributed by atoms with van der Waals surface area (Å²) in [5.41, 5.74) is 0.232. The topological polar surface area (TPSA) is 57.6 Å². The van der Waals surface area contributed by atoms with E-state index in [2.05, 4.69) is 20.8 Å². The molecule has 0 aromatic carbocycles. The van der Waals surface area contributed by atoms with E-state index in [0.717, 1.165) is 25.8 Å². The number of hydrogen-bond acceptors (Lipinski definition) is 2. The van der Waals surface area contributed by atoms with Gasteiger partial charge in [-0.15, -0.1) is 0 Å². The molecule has 19 heavy (non-hydrogen) atoms. The molecule has 0 saturated heterocycles. The van der Waals surface area contributed by atoms with Crippen LogP contribution in [0, 0.1) is 17.3 Å². The summed E-state index contributed by atoms with van der Waals surface area (Å²) in [5.74, 6) is -0.746. The van der Waals surface area contributed by atoms with Crippen LogP contribution in [-0.2, 0) is 9.59 Å². The second-order valence-corrected chi connectivity index (χ2v) is 6.96. The lowest BCUT2D eigenvalue weighted by Gasteiger charge is -2.30. The van der Waals surface area contributed by atoms with Crippen LogP contribution in [0.5, 0.6) is 0 Å². The molecule has 1 aliphatic carbocycles. The molecule has 0 unspecified atom stereocenters. The SMILES string of the molecule is CN(CCC(C)(C)C)C(=O)C1CCC(C(=O)O)CC1. The molecule has 4 nitrogen and oxygen atoms in total. The monoisotopic (exact) mass is 269 g/mol. The second kappa shape index (κ2) is 6.40. The van der Waals surface area contributed by atoms with Gasteiger partial charge in [-0.05, 0) is 37.5 Å². The molecule has 1 amide bonds. The van der Waals surface area contributed by atoms with Crippen molar-refractivity contribution in [1.82, 2.24) is 4.90 Å². The summed E-state index contributed by atoms with van der Waals surface area (Å²) in [6.45, 7) is 7.29. The molecule has 0 aliphatic heterocycles. The molecule has 0 atom stereocenters. The average Bonchev–Trinajstić information content (AvgIpc) is 2.34. The molecule has 0 spiro atoms. The Morgan fingerprint density at radius 3 is 2.00 bits per heavy atom. The van der Waals surface area contributed by atoms with Gasteiger partial charge in [-0.3, -0.25) is 9.59 Å². The maximum atomic E-state index is 12.3. The van der Waals surface area contributed by atoms with E-state index in [0.29, 0.717) is 12.8 Å². The lowest BCUT2D eigenvalue weighted by Crippen LogP contribution is -2.37. The van der Waals surface area contributed by atoms with Crippen molar-refractivity contribution in [2.75, 3.05) is 13.6 Å². The number of aliphatic carboxylic acids is 1. The Labute approximate surface area is 116 Å². The first-order chi connectivity index (χ1) is 8.70. The molecule has 4 heteroatoms. The van der Waals surface area contributed by atoms with E-state index in [4.69, 9.17) is 5.11 Å². The molecule has 0 aromatic heterocycles. The van der Waals surface area contributed by atoms with E-state index < -0.39 is 5.97 Å². The smallest absolute Gasteiger partial charge is 0.306 e. The largest absolute Gasteiger partial charge is 0.481 e. The van der Waals surface area contributed by atoms with Crippen LogP contribution in [0.4, 0.5) is 0 Å². The van der Waals surface area contributed by atoms with Crippen molar-refractivity contribution >= 4 is 11.9 Å². The Bertz CT molecular complexity index is 325. The number of carbonyl (C=O) groups is 2. The minimum atomic E-state index is -0.716. The summed E-state index contributed by atoms with van der Waals surface area (Å²) in [6, 6.07) is 0. The third-order valence-electron chi connectivity index (χ3n) is 4.00. The molecule has 0 bridgehead atoms. The number of carboxylic acid groups (broad SMARTS) is 1. The first kappa shape index (κ1) is 16.0. The summed E-state index contributed by atoms with van der Waals surface area (Å²) < 4.78 is 0. The molecule has 1 fully saturated rings. The van der Waals surface area contributed by atoms with Crippen LogP contribution in [-0.4, -0.2) is 35.5 Å². The first-order valence-electron chi connectivity index (χ1n) is 7.18. The Hall–Kier alpha value is -1.06. The van der Waals surface area contributed by atoms with Crippen LogP contribution in [0.1, 0.15) is 52.9 Å². The minimum absolute atomic E-state index is 0.0283. The van der Waals surface area contributed by atoms with Gasteiger partial charge in [0.05, 0.1) is 5.92 Å². The van der Waals surface area contributed by atoms with Gasteiger partial charge in [0.25, 0.3) is 0 Å². The number of nitrogens with zero attached hydrogens (tertiary/aromatic N) is 1. The zero-order chi connectivity index (χ0) is 14.6. The quantitative estimate of drug-likeness (QED) is 0.853. The normalized spacial score (nSPS) is 24.0. The van der Waals surface area contributed by atoms with E-state index in [9.17, 15) is 9.59 Å². The van der Waals surface area contributed by atoms with E-state index >= 15 is 0 Å². The molecule has 1 N–H and O–H groups in total. The van der Waals surface area contributed by atoms with Crippen molar-refractivity contribution in [3.8, 4) is 0 Å². The van der Waals surface area contributed by atoms with Crippen LogP contribution >= 0.6 is 0 Å². The standard InChI is InChI=1S/C15H27NO3/c1-15(2,3)9-10-16(4)13(17)11-5-7-12(8-6-11)14(18)19/h11-12H,5-10H2,1-4H3,(H,18,19). The van der Waals surface area contributed by atoms with E-state index in [1.807, 2.05) is 11.9 Å². The summed E-state index contributed by atoms with van der Waals surface area (Å²) in [6.07, 6.45) is 3.70. The number of amides is 1. The van der Waals surface area contributed by atoms with Crippen molar-refractivity contribution < 1.29 is 14.7 Å². The van der Waals surface area contributed by atoms with Gasteiger partial charge >= 0.3 is 5.97 Å². The summed E-state index contributed by atoms with van der Waals surface area (Å²) in [5, 5.41) is 8.95. The zero-order valence-electron chi connectivity index (χ0n) is 12.6. The summed E-state index contributed by atoms with van der Waals surface area (Å²) >= 11 is 0. The van der Waals surface area contributed by atoms with Crippen molar-refractivity contribution in [1.29, 1.82) is 0 Å². The average molecular weight is 269 g/mol. The predicted molar refractivity (Wildman–Crippen MR) is 74.8 cm³/mol. The number of rotatable bonds is 4. The zero-order valence-corrected chi connectivity index (χ0v) is 12.6. The van der Waals surface area contributed by atoms with Crippen molar-refractivity contribution in [2.45, 2.75) is 52.9 Å². The van der Waals surface area contributed by atoms with Crippen LogP contribution < -0.4 is 0 Å². The fraction of sp³-hybridized carbons (Fsp3) is 0.867. The lowest BCUT2D eigenvalue weighted by atomic mass is 9.81. The van der Waals surface area contributed by atoms with Crippen LogP contribution in [0.15, 0.2) is 0 Å². The maximum absolute atomic E-state index is 12.3. The fourth-order valence-electron chi connectivity index (χ4n) is 2.51. The Balaban J connectivity index is 2.40. The van der Waals surface area contributed by atoms with Crippen molar-refractivity contribution in [3.05, 3.63) is 0 Å². The molecule has 1 saturated carbocycles. The first-order valence-corrected chi connectivity index (χ1v) is 7.18. The molecule has 1 aliphatic rings. The van der Waals surface area contributed by atoms with E-state index in [1.54, 1.807) is 0 Å². The van der Waals surface area contributed by atoms with Crippen molar-refractivity contribution in [2.24, 2.45) is 17.3 Å². The van der Waals surface area contributed by atoms with Gasteiger partial charge in [-0.2, -0.15) is 0 Å². The van der Waals surface area contributed by atoms with Crippen molar-refractivity contribution in [3.63, 3.8) is 0 Å². The second-order valence-electron chi connectivity index (χ2n) is 6.96. The lowest BCUT2D eigenvalue weighted by molar-refractivity contribution is -0.145. The molecule has 0 radical (unpaired) electrons. The number of carbonyl (C=O) groups excluding carboxylic acids is 1. The highest BCUT2D eigenvalue weighted by atomic mass is 16.4. The van der Waals surface area contributed by atoms with Gasteiger partial charge in [0.1, 0.15) is 0 Å². The summed E-state index contributed by atoms with van der Waals surface area (Å²) in [7, 11) is 1.86. The fourth-order valence-corrected chi connectivity index (χ4v) is 2.51. The highest BCUT2D eigenvalue weighted by Crippen LogP contribution is 2.30. The third kappa shape index (κ3) is 5.21. The Morgan fingerprint density at radius 2 is 1.58 bits per heavy atom. The van der Waals surface area contributed by atoms with Gasteiger partial charge < -0.3 is 10.0 Å². The molecular formula is C15H27NO3. The molecular weight excluding hydrogens is 242 g/mol. The van der Waals surface area contributed by atoms with E-state index in [-0.39, 0.29) is 23.2 Å². The Morgan fingerprint density at radius 1 is 1.11 bits per heavy atom. The van der Waals surface area contributed by atoms with Gasteiger partial charge in [0, 0.05) is 19.5 Å². The number of hydrogen-bond donors (Lipinski definition) is 1. The van der Waals surface area contributed by atoms with E-state index in [1.165, 1.54) is 0 Å². The van der Waals surface area contributed by atoms with Gasteiger partial charge in [0.2, 0.25) is 5.91 Å². The molecule has 0 heterocycles. The molecule has 110 valence electrons. The molecule has 0 aromatic rings. The highest BCUT2D eigenvalue weighted by molar-refractivity contribution is 5.79. The minimum Gasteiger partial charge on any atom is -0.481 e.